The molecule has 2 aromatic carbocycles. The van der Waals surface area contributed by atoms with Crippen LogP contribution in [-0.2, 0) is 31.4 Å². The summed E-state index contributed by atoms with van der Waals surface area (Å²) in [5.41, 5.74) is 4.29. The summed E-state index contributed by atoms with van der Waals surface area (Å²) < 4.78 is 34.0. The van der Waals surface area contributed by atoms with Gasteiger partial charge in [0, 0.05) is 31.7 Å². The van der Waals surface area contributed by atoms with Crippen molar-refractivity contribution in [1.82, 2.24) is 9.21 Å². The molecule has 3 aromatic rings. The van der Waals surface area contributed by atoms with Gasteiger partial charge in [-0.1, -0.05) is 62.7 Å². The molecule has 0 N–H and O–H groups in total. The Bertz CT molecular complexity index is 1340. The highest BCUT2D eigenvalue weighted by molar-refractivity contribution is 7.89. The van der Waals surface area contributed by atoms with Crippen LogP contribution in [0.15, 0.2) is 64.9 Å². The predicted molar refractivity (Wildman–Crippen MR) is 153 cm³/mol. The average molecular weight is 555 g/mol. The van der Waals surface area contributed by atoms with Gasteiger partial charge in [0.25, 0.3) is 0 Å². The molecule has 8 heteroatoms. The number of hydrogen-bond donors (Lipinski definition) is 0. The molecule has 0 saturated carbocycles. The first-order valence-electron chi connectivity index (χ1n) is 13.0. The minimum absolute atomic E-state index is 0.0871. The summed E-state index contributed by atoms with van der Waals surface area (Å²) in [5, 5.41) is 2.07. The second-order valence-corrected chi connectivity index (χ2v) is 13.8. The molecule has 1 amide bonds. The van der Waals surface area contributed by atoms with E-state index in [1.807, 2.05) is 24.0 Å². The molecule has 6 nitrogen and oxygen atoms in total. The fourth-order valence-electron chi connectivity index (χ4n) is 4.88. The first-order chi connectivity index (χ1) is 18.0. The van der Waals surface area contributed by atoms with Gasteiger partial charge in [0.1, 0.15) is 0 Å². The van der Waals surface area contributed by atoms with E-state index in [4.69, 9.17) is 4.74 Å². The van der Waals surface area contributed by atoms with E-state index in [0.29, 0.717) is 19.6 Å². The summed E-state index contributed by atoms with van der Waals surface area (Å²) in [6.45, 7) is 9.27. The summed E-state index contributed by atoms with van der Waals surface area (Å²) in [5.74, 6) is -0.195. The molecule has 0 saturated heterocycles. The number of hydrogen-bond acceptors (Lipinski definition) is 5. The topological polar surface area (TPSA) is 66.9 Å². The fourth-order valence-corrected chi connectivity index (χ4v) is 7.21. The highest BCUT2D eigenvalue weighted by Crippen LogP contribution is 2.38. The number of amides is 1. The summed E-state index contributed by atoms with van der Waals surface area (Å²) in [6, 6.07) is 17.1. The minimum atomic E-state index is -3.88. The van der Waals surface area contributed by atoms with Gasteiger partial charge in [0.15, 0.2) is 0 Å². The van der Waals surface area contributed by atoms with Crippen molar-refractivity contribution in [2.75, 3.05) is 33.4 Å². The van der Waals surface area contributed by atoms with Crippen LogP contribution < -0.4 is 0 Å². The number of benzene rings is 2. The normalized spacial score (nSPS) is 16.1. The Labute approximate surface area is 231 Å². The summed E-state index contributed by atoms with van der Waals surface area (Å²) in [6.07, 6.45) is 1.27. The van der Waals surface area contributed by atoms with Crippen LogP contribution in [0.4, 0.5) is 0 Å². The number of fused-ring (bicyclic) bond motifs is 1. The third kappa shape index (κ3) is 6.20. The largest absolute Gasteiger partial charge is 0.385 e. The Morgan fingerprint density at radius 1 is 1.08 bits per heavy atom. The number of rotatable bonds is 9. The van der Waals surface area contributed by atoms with E-state index >= 15 is 0 Å². The Hall–Kier alpha value is -2.52. The lowest BCUT2D eigenvalue weighted by Crippen LogP contribution is -2.47. The van der Waals surface area contributed by atoms with Crippen molar-refractivity contribution < 1.29 is 17.9 Å². The minimum Gasteiger partial charge on any atom is -0.385 e. The van der Waals surface area contributed by atoms with Crippen molar-refractivity contribution in [2.24, 2.45) is 0 Å². The van der Waals surface area contributed by atoms with Gasteiger partial charge < -0.3 is 9.64 Å². The monoisotopic (exact) mass is 554 g/mol. The van der Waals surface area contributed by atoms with Crippen molar-refractivity contribution >= 4 is 27.3 Å². The molecule has 0 spiro atoms. The molecule has 1 aliphatic heterocycles. The lowest BCUT2D eigenvalue weighted by atomic mass is 9.87. The number of sulfonamides is 1. The van der Waals surface area contributed by atoms with Gasteiger partial charge in [-0.2, -0.15) is 4.31 Å². The second kappa shape index (κ2) is 11.7. The molecule has 38 heavy (non-hydrogen) atoms. The number of thiophene rings is 1. The Morgan fingerprint density at radius 3 is 2.39 bits per heavy atom. The van der Waals surface area contributed by atoms with Gasteiger partial charge in [-0.3, -0.25) is 4.79 Å². The van der Waals surface area contributed by atoms with Crippen molar-refractivity contribution in [3.63, 3.8) is 0 Å². The number of carbonyl (C=O) groups excluding carboxylic acids is 1. The van der Waals surface area contributed by atoms with E-state index in [2.05, 4.69) is 56.5 Å². The molecule has 4 rings (SSSR count). The molecule has 204 valence electrons. The second-order valence-electron chi connectivity index (χ2n) is 10.9. The van der Waals surface area contributed by atoms with Crippen molar-refractivity contribution in [1.29, 1.82) is 0 Å². The molecule has 1 atom stereocenters. The van der Waals surface area contributed by atoms with E-state index in [9.17, 15) is 13.2 Å². The summed E-state index contributed by atoms with van der Waals surface area (Å²) in [7, 11) is -2.29. The third-order valence-corrected chi connectivity index (χ3v) is 9.96. The van der Waals surface area contributed by atoms with Crippen LogP contribution in [0.5, 0.6) is 0 Å². The van der Waals surface area contributed by atoms with E-state index in [0.717, 1.165) is 28.7 Å². The van der Waals surface area contributed by atoms with Gasteiger partial charge in [0.2, 0.25) is 15.9 Å². The van der Waals surface area contributed by atoms with Crippen molar-refractivity contribution in [3.05, 3.63) is 87.1 Å². The molecule has 0 radical (unpaired) electrons. The van der Waals surface area contributed by atoms with Crippen LogP contribution in [0.2, 0.25) is 0 Å². The Kier molecular flexibility index (Phi) is 8.77. The van der Waals surface area contributed by atoms with Crippen molar-refractivity contribution in [2.45, 2.75) is 56.9 Å². The average Bonchev–Trinajstić information content (AvgIpc) is 3.37. The maximum atomic E-state index is 13.9. The maximum absolute atomic E-state index is 13.9. The highest BCUT2D eigenvalue weighted by Gasteiger charge is 2.35. The van der Waals surface area contributed by atoms with Crippen LogP contribution in [0, 0.1) is 6.92 Å². The zero-order valence-electron chi connectivity index (χ0n) is 22.9. The molecule has 2 heterocycles. The quantitative estimate of drug-likeness (QED) is 0.325. The fraction of sp³-hybridized carbons (Fsp3) is 0.433. The molecular formula is C30H38N2O4S2. The molecule has 1 aliphatic rings. The Balaban J connectivity index is 1.63. The molecular weight excluding hydrogens is 516 g/mol. The molecule has 1 aromatic heterocycles. The van der Waals surface area contributed by atoms with Crippen LogP contribution >= 0.6 is 11.3 Å². The molecule has 0 bridgehead atoms. The van der Waals surface area contributed by atoms with Crippen LogP contribution in [0.1, 0.15) is 60.4 Å². The summed E-state index contributed by atoms with van der Waals surface area (Å²) in [4.78, 5) is 17.2. The van der Waals surface area contributed by atoms with E-state index in [1.165, 1.54) is 9.18 Å². The van der Waals surface area contributed by atoms with Crippen LogP contribution in [0.3, 0.4) is 0 Å². The van der Waals surface area contributed by atoms with Crippen LogP contribution in [-0.4, -0.2) is 56.9 Å². The number of ether oxygens (including phenoxy) is 1. The number of aryl methyl sites for hydroxylation is 1. The first kappa shape index (κ1) is 28.5. The SMILES string of the molecule is COCCCN(CC(=O)N1CCc2sccc2C1c1ccc(C)cc1)S(=O)(=O)c1ccc(C(C)(C)C)cc1. The van der Waals surface area contributed by atoms with E-state index in [-0.39, 0.29) is 35.3 Å². The molecule has 0 aliphatic carbocycles. The predicted octanol–water partition coefficient (Wildman–Crippen LogP) is 5.56. The zero-order chi connectivity index (χ0) is 27.5. The number of nitrogens with zero attached hydrogens (tertiary/aromatic N) is 2. The highest BCUT2D eigenvalue weighted by atomic mass is 32.2. The van der Waals surface area contributed by atoms with Gasteiger partial charge in [0.05, 0.1) is 17.5 Å². The van der Waals surface area contributed by atoms with Gasteiger partial charge in [-0.25, -0.2) is 8.42 Å². The first-order valence-corrected chi connectivity index (χ1v) is 15.4. The summed E-state index contributed by atoms with van der Waals surface area (Å²) >= 11 is 1.71. The smallest absolute Gasteiger partial charge is 0.243 e. The number of methoxy groups -OCH3 is 1. The molecule has 1 unspecified atom stereocenters. The van der Waals surface area contributed by atoms with Crippen molar-refractivity contribution in [3.8, 4) is 0 Å². The van der Waals surface area contributed by atoms with Gasteiger partial charge in [-0.15, -0.1) is 11.3 Å². The van der Waals surface area contributed by atoms with E-state index < -0.39 is 10.0 Å². The lowest BCUT2D eigenvalue weighted by Gasteiger charge is -2.37. The lowest BCUT2D eigenvalue weighted by molar-refractivity contribution is -0.133. The molecule has 0 fully saturated rings. The third-order valence-electron chi connectivity index (χ3n) is 7.11. The van der Waals surface area contributed by atoms with E-state index in [1.54, 1.807) is 30.6 Å². The van der Waals surface area contributed by atoms with Gasteiger partial charge in [-0.05, 0) is 65.4 Å². The van der Waals surface area contributed by atoms with Crippen LogP contribution in [0.25, 0.3) is 0 Å². The standard InChI is InChI=1S/C30H38N2O4S2/c1-22-7-9-23(10-8-22)29-26-16-20-37-27(26)15-18-32(29)28(33)21-31(17-6-19-36-5)38(34,35)25-13-11-24(12-14-25)30(2,3)4/h7-14,16,20,29H,6,15,17-19,21H2,1-5H3. The zero-order valence-corrected chi connectivity index (χ0v) is 24.6. The number of carbonyl (C=O) groups is 1. The Morgan fingerprint density at radius 2 is 1.76 bits per heavy atom. The maximum Gasteiger partial charge on any atom is 0.243 e. The van der Waals surface area contributed by atoms with Gasteiger partial charge >= 0.3 is 0 Å².